The fraction of sp³-hybridized carbons (Fsp3) is 0.393. The Morgan fingerprint density at radius 1 is 1.08 bits per heavy atom. The number of carbonyl (C=O) groups excluding carboxylic acids is 2. The molecular weight excluding hydrogens is 510 g/mol. The van der Waals surface area contributed by atoms with Gasteiger partial charge in [0.1, 0.15) is 11.7 Å². The van der Waals surface area contributed by atoms with Gasteiger partial charge in [-0.3, -0.25) is 4.79 Å². The predicted molar refractivity (Wildman–Crippen MR) is 146 cm³/mol. The van der Waals surface area contributed by atoms with Gasteiger partial charge >= 0.3 is 6.09 Å². The zero-order valence-corrected chi connectivity index (χ0v) is 22.8. The Morgan fingerprint density at radius 3 is 2.46 bits per heavy atom. The van der Waals surface area contributed by atoms with Crippen molar-refractivity contribution in [1.82, 2.24) is 9.88 Å². The van der Waals surface area contributed by atoms with Gasteiger partial charge < -0.3 is 19.3 Å². The number of fused-ring (bicyclic) bond motifs is 1. The van der Waals surface area contributed by atoms with Gasteiger partial charge in [0.2, 0.25) is 5.88 Å². The van der Waals surface area contributed by atoms with E-state index in [1.807, 2.05) is 57.2 Å². The number of aromatic nitrogens is 1. The van der Waals surface area contributed by atoms with Crippen LogP contribution in [0.4, 0.5) is 10.5 Å². The summed E-state index contributed by atoms with van der Waals surface area (Å²) in [6.45, 7) is 7.37. The van der Waals surface area contributed by atoms with Gasteiger partial charge in [-0.15, -0.1) is 11.3 Å². The molecule has 9 heteroatoms. The molecule has 1 fully saturated rings. The molecule has 2 aliphatic heterocycles. The number of rotatable bonds is 4. The zero-order chi connectivity index (χ0) is 26.2. The van der Waals surface area contributed by atoms with E-state index in [-0.39, 0.29) is 18.1 Å². The van der Waals surface area contributed by atoms with Crippen LogP contribution in [-0.4, -0.2) is 53.2 Å². The average Bonchev–Trinajstić information content (AvgIpc) is 3.30. The highest BCUT2D eigenvalue weighted by Crippen LogP contribution is 2.36. The van der Waals surface area contributed by atoms with Crippen LogP contribution in [0, 0.1) is 0 Å². The zero-order valence-electron chi connectivity index (χ0n) is 21.2. The molecule has 2 aliphatic rings. The minimum atomic E-state index is -0.504. The molecule has 0 radical (unpaired) electrons. The standard InChI is InChI=1S/C28H30ClN3O4S/c1-28(2,3)36-27(34)31-13-11-22(12-14-31)35-24-9-8-21(17-30-24)32-15-10-19-16-23(37-25(19)26(32)33)18-4-6-20(29)7-5-18/h4-9,16-17,22H,10-15H2,1-3H3. The second kappa shape index (κ2) is 10.3. The number of halogens is 1. The number of anilines is 1. The molecule has 1 aromatic carbocycles. The van der Waals surface area contributed by atoms with Gasteiger partial charge in [0.05, 0.1) is 16.8 Å². The molecule has 194 valence electrons. The van der Waals surface area contributed by atoms with E-state index < -0.39 is 5.60 Å². The minimum Gasteiger partial charge on any atom is -0.474 e. The fourth-order valence-corrected chi connectivity index (χ4v) is 5.80. The van der Waals surface area contributed by atoms with Crippen LogP contribution in [0.1, 0.15) is 48.8 Å². The summed E-state index contributed by atoms with van der Waals surface area (Å²) in [7, 11) is 0. The van der Waals surface area contributed by atoms with Gasteiger partial charge in [0.25, 0.3) is 5.91 Å². The molecule has 1 saturated heterocycles. The van der Waals surface area contributed by atoms with Crippen LogP contribution >= 0.6 is 22.9 Å². The molecule has 2 aromatic heterocycles. The third kappa shape index (κ3) is 5.91. The molecule has 2 amide bonds. The molecule has 3 aromatic rings. The highest BCUT2D eigenvalue weighted by Gasteiger charge is 2.30. The van der Waals surface area contributed by atoms with E-state index in [4.69, 9.17) is 21.1 Å². The summed E-state index contributed by atoms with van der Waals surface area (Å²) in [5.74, 6) is 0.516. The van der Waals surface area contributed by atoms with Crippen molar-refractivity contribution in [2.45, 2.75) is 51.7 Å². The normalized spacial score (nSPS) is 16.5. The van der Waals surface area contributed by atoms with Gasteiger partial charge in [-0.25, -0.2) is 9.78 Å². The molecule has 0 atom stereocenters. The number of nitrogens with zero attached hydrogens (tertiary/aromatic N) is 3. The van der Waals surface area contributed by atoms with Gasteiger partial charge in [-0.2, -0.15) is 0 Å². The third-order valence-electron chi connectivity index (χ3n) is 6.40. The number of hydrogen-bond donors (Lipinski definition) is 0. The van der Waals surface area contributed by atoms with Crippen LogP contribution in [-0.2, 0) is 11.2 Å². The van der Waals surface area contributed by atoms with E-state index in [0.717, 1.165) is 33.0 Å². The molecule has 7 nitrogen and oxygen atoms in total. The molecule has 0 aliphatic carbocycles. The number of ether oxygens (including phenoxy) is 2. The van der Waals surface area contributed by atoms with Crippen molar-refractivity contribution in [2.75, 3.05) is 24.5 Å². The summed E-state index contributed by atoms with van der Waals surface area (Å²) in [6.07, 6.45) is 3.61. The van der Waals surface area contributed by atoms with Crippen molar-refractivity contribution in [3.05, 3.63) is 64.1 Å². The smallest absolute Gasteiger partial charge is 0.410 e. The van der Waals surface area contributed by atoms with Gasteiger partial charge in [0.15, 0.2) is 0 Å². The van der Waals surface area contributed by atoms with Gasteiger partial charge in [0, 0.05) is 48.4 Å². The van der Waals surface area contributed by atoms with Crippen LogP contribution in [0.5, 0.6) is 5.88 Å². The summed E-state index contributed by atoms with van der Waals surface area (Å²) in [5.41, 5.74) is 2.39. The first-order valence-corrected chi connectivity index (χ1v) is 13.7. The second-order valence-corrected chi connectivity index (χ2v) is 11.8. The Morgan fingerprint density at radius 2 is 1.81 bits per heavy atom. The largest absolute Gasteiger partial charge is 0.474 e. The first-order valence-electron chi connectivity index (χ1n) is 12.5. The van der Waals surface area contributed by atoms with Gasteiger partial charge in [-0.05, 0) is 62.6 Å². The number of hydrogen-bond acceptors (Lipinski definition) is 6. The number of thiophene rings is 1. The minimum absolute atomic E-state index is 0.00329. The maximum atomic E-state index is 13.3. The van der Waals surface area contributed by atoms with E-state index in [9.17, 15) is 9.59 Å². The van der Waals surface area contributed by atoms with Gasteiger partial charge in [-0.1, -0.05) is 23.7 Å². The Labute approximate surface area is 226 Å². The Hall–Kier alpha value is -3.10. The molecule has 0 spiro atoms. The lowest BCUT2D eigenvalue weighted by Gasteiger charge is -2.33. The Balaban J connectivity index is 1.19. The van der Waals surface area contributed by atoms with Crippen molar-refractivity contribution in [3.63, 3.8) is 0 Å². The third-order valence-corrected chi connectivity index (χ3v) is 7.86. The Kier molecular flexibility index (Phi) is 7.14. The van der Waals surface area contributed by atoms with Crippen LogP contribution in [0.2, 0.25) is 5.02 Å². The SMILES string of the molecule is CC(C)(C)OC(=O)N1CCC(Oc2ccc(N3CCc4cc(-c5ccc(Cl)cc5)sc4C3=O)cn2)CC1. The van der Waals surface area contributed by atoms with Crippen molar-refractivity contribution in [3.8, 4) is 16.3 Å². The van der Waals surface area contributed by atoms with E-state index in [1.165, 1.54) is 11.3 Å². The summed E-state index contributed by atoms with van der Waals surface area (Å²) >= 11 is 7.54. The molecule has 0 saturated carbocycles. The Bertz CT molecular complexity index is 1280. The van der Waals surface area contributed by atoms with Crippen LogP contribution < -0.4 is 9.64 Å². The van der Waals surface area contributed by atoms with Crippen LogP contribution in [0.25, 0.3) is 10.4 Å². The molecule has 5 rings (SSSR count). The van der Waals surface area contributed by atoms with E-state index >= 15 is 0 Å². The highest BCUT2D eigenvalue weighted by molar-refractivity contribution is 7.17. The molecule has 0 unspecified atom stereocenters. The number of carbonyl (C=O) groups is 2. The lowest BCUT2D eigenvalue weighted by Crippen LogP contribution is -2.44. The molecule has 4 heterocycles. The summed E-state index contributed by atoms with van der Waals surface area (Å²) in [4.78, 5) is 35.4. The number of benzene rings is 1. The predicted octanol–water partition coefficient (Wildman–Crippen LogP) is 6.44. The number of piperidine rings is 1. The summed E-state index contributed by atoms with van der Waals surface area (Å²) in [5, 5.41) is 0.693. The highest BCUT2D eigenvalue weighted by atomic mass is 35.5. The monoisotopic (exact) mass is 539 g/mol. The van der Waals surface area contributed by atoms with Crippen molar-refractivity contribution in [2.24, 2.45) is 0 Å². The quantitative estimate of drug-likeness (QED) is 0.381. The molecule has 0 N–H and O–H groups in total. The number of pyridine rings is 1. The summed E-state index contributed by atoms with van der Waals surface area (Å²) < 4.78 is 11.5. The van der Waals surface area contributed by atoms with E-state index in [2.05, 4.69) is 11.1 Å². The fourth-order valence-electron chi connectivity index (χ4n) is 4.51. The molecule has 0 bridgehead atoms. The average molecular weight is 540 g/mol. The van der Waals surface area contributed by atoms with Crippen molar-refractivity contribution >= 4 is 40.6 Å². The number of amides is 2. The number of likely N-dealkylation sites (tertiary alicyclic amines) is 1. The lowest BCUT2D eigenvalue weighted by atomic mass is 10.1. The maximum Gasteiger partial charge on any atom is 0.410 e. The van der Waals surface area contributed by atoms with Crippen LogP contribution in [0.3, 0.4) is 0 Å². The molecular formula is C28H30ClN3O4S. The summed E-state index contributed by atoms with van der Waals surface area (Å²) in [6, 6.07) is 13.5. The van der Waals surface area contributed by atoms with Crippen molar-refractivity contribution in [1.29, 1.82) is 0 Å². The van der Waals surface area contributed by atoms with Crippen LogP contribution in [0.15, 0.2) is 48.7 Å². The first-order chi connectivity index (χ1) is 17.7. The molecule has 37 heavy (non-hydrogen) atoms. The van der Waals surface area contributed by atoms with E-state index in [0.29, 0.717) is 43.4 Å². The van der Waals surface area contributed by atoms with Crippen molar-refractivity contribution < 1.29 is 19.1 Å². The topological polar surface area (TPSA) is 72.0 Å². The van der Waals surface area contributed by atoms with E-state index in [1.54, 1.807) is 16.0 Å². The maximum absolute atomic E-state index is 13.3. The first kappa shape index (κ1) is 25.5. The lowest BCUT2D eigenvalue weighted by molar-refractivity contribution is 0.0123. The second-order valence-electron chi connectivity index (χ2n) is 10.3.